The SMILES string of the molecule is CCc1cc(CNc2c(C)cccc2C)n(C)n1. The number of aromatic nitrogens is 2. The zero-order valence-electron chi connectivity index (χ0n) is 11.6. The average molecular weight is 243 g/mol. The molecule has 0 atom stereocenters. The molecule has 3 nitrogen and oxygen atoms in total. The van der Waals surface area contributed by atoms with Gasteiger partial charge in [0.2, 0.25) is 0 Å². The maximum atomic E-state index is 4.46. The number of hydrogen-bond acceptors (Lipinski definition) is 2. The first-order chi connectivity index (χ1) is 8.61. The predicted molar refractivity (Wildman–Crippen MR) is 75.8 cm³/mol. The summed E-state index contributed by atoms with van der Waals surface area (Å²) in [6.07, 6.45) is 0.983. The van der Waals surface area contributed by atoms with E-state index in [0.717, 1.165) is 18.7 Å². The Morgan fingerprint density at radius 1 is 1.22 bits per heavy atom. The fourth-order valence-electron chi connectivity index (χ4n) is 2.18. The fourth-order valence-corrected chi connectivity index (χ4v) is 2.18. The Morgan fingerprint density at radius 2 is 1.89 bits per heavy atom. The standard InChI is InChI=1S/C15H21N3/c1-5-13-9-14(18(4)17-13)10-16-15-11(2)7-6-8-12(15)3/h6-9,16H,5,10H2,1-4H3. The summed E-state index contributed by atoms with van der Waals surface area (Å²) in [5, 5.41) is 7.98. The van der Waals surface area contributed by atoms with Crippen molar-refractivity contribution >= 4 is 5.69 Å². The topological polar surface area (TPSA) is 29.9 Å². The molecular formula is C15H21N3. The second-order valence-electron chi connectivity index (χ2n) is 4.72. The summed E-state index contributed by atoms with van der Waals surface area (Å²) in [5.74, 6) is 0. The van der Waals surface area contributed by atoms with Crippen LogP contribution in [0.25, 0.3) is 0 Å². The van der Waals surface area contributed by atoms with Crippen molar-refractivity contribution in [3.05, 3.63) is 46.8 Å². The summed E-state index contributed by atoms with van der Waals surface area (Å²) in [4.78, 5) is 0. The zero-order valence-corrected chi connectivity index (χ0v) is 11.6. The number of anilines is 1. The van der Waals surface area contributed by atoms with E-state index in [4.69, 9.17) is 0 Å². The molecule has 2 aromatic rings. The Hall–Kier alpha value is -1.77. The number of para-hydroxylation sites is 1. The molecule has 2 rings (SSSR count). The van der Waals surface area contributed by atoms with E-state index in [-0.39, 0.29) is 0 Å². The van der Waals surface area contributed by atoms with Gasteiger partial charge in [-0.05, 0) is 37.5 Å². The lowest BCUT2D eigenvalue weighted by Gasteiger charge is -2.12. The molecule has 0 radical (unpaired) electrons. The third kappa shape index (κ3) is 2.55. The lowest BCUT2D eigenvalue weighted by Crippen LogP contribution is -2.07. The molecule has 1 aromatic carbocycles. The molecule has 0 bridgehead atoms. The fraction of sp³-hybridized carbons (Fsp3) is 0.400. The van der Waals surface area contributed by atoms with E-state index in [1.54, 1.807) is 0 Å². The molecule has 3 heteroatoms. The van der Waals surface area contributed by atoms with Crippen LogP contribution in [0.5, 0.6) is 0 Å². The van der Waals surface area contributed by atoms with Gasteiger partial charge in [-0.25, -0.2) is 0 Å². The minimum Gasteiger partial charge on any atom is -0.379 e. The van der Waals surface area contributed by atoms with Gasteiger partial charge in [-0.2, -0.15) is 5.10 Å². The first-order valence-electron chi connectivity index (χ1n) is 6.43. The van der Waals surface area contributed by atoms with E-state index in [9.17, 15) is 0 Å². The lowest BCUT2D eigenvalue weighted by atomic mass is 10.1. The van der Waals surface area contributed by atoms with E-state index >= 15 is 0 Å². The molecule has 1 heterocycles. The highest BCUT2D eigenvalue weighted by Crippen LogP contribution is 2.20. The highest BCUT2D eigenvalue weighted by atomic mass is 15.3. The minimum atomic E-state index is 0.815. The Bertz CT molecular complexity index is 520. The Morgan fingerprint density at radius 3 is 2.44 bits per heavy atom. The Balaban J connectivity index is 2.14. The second kappa shape index (κ2) is 5.25. The molecule has 0 saturated carbocycles. The normalized spacial score (nSPS) is 10.7. The van der Waals surface area contributed by atoms with Crippen LogP contribution in [0.2, 0.25) is 0 Å². The molecule has 0 amide bonds. The molecule has 0 unspecified atom stereocenters. The van der Waals surface area contributed by atoms with Crippen LogP contribution in [0.3, 0.4) is 0 Å². The molecule has 96 valence electrons. The van der Waals surface area contributed by atoms with Gasteiger partial charge < -0.3 is 5.32 Å². The monoisotopic (exact) mass is 243 g/mol. The van der Waals surface area contributed by atoms with Crippen LogP contribution in [0.15, 0.2) is 24.3 Å². The van der Waals surface area contributed by atoms with Gasteiger partial charge in [0, 0.05) is 12.7 Å². The van der Waals surface area contributed by atoms with Gasteiger partial charge >= 0.3 is 0 Å². The van der Waals surface area contributed by atoms with Gasteiger partial charge in [0.05, 0.1) is 17.9 Å². The summed E-state index contributed by atoms with van der Waals surface area (Å²) in [5.41, 5.74) is 6.17. The third-order valence-electron chi connectivity index (χ3n) is 3.32. The number of nitrogens with zero attached hydrogens (tertiary/aromatic N) is 2. The summed E-state index contributed by atoms with van der Waals surface area (Å²) < 4.78 is 1.96. The van der Waals surface area contributed by atoms with Crippen molar-refractivity contribution in [3.63, 3.8) is 0 Å². The van der Waals surface area contributed by atoms with Gasteiger partial charge in [-0.1, -0.05) is 25.1 Å². The second-order valence-corrected chi connectivity index (χ2v) is 4.72. The lowest BCUT2D eigenvalue weighted by molar-refractivity contribution is 0.706. The summed E-state index contributed by atoms with van der Waals surface area (Å²) in [6, 6.07) is 8.53. The minimum absolute atomic E-state index is 0.815. The van der Waals surface area contributed by atoms with Crippen molar-refractivity contribution in [3.8, 4) is 0 Å². The van der Waals surface area contributed by atoms with Crippen LogP contribution in [-0.4, -0.2) is 9.78 Å². The van der Waals surface area contributed by atoms with Crippen LogP contribution in [0, 0.1) is 13.8 Å². The molecule has 0 aliphatic rings. The summed E-state index contributed by atoms with van der Waals surface area (Å²) >= 11 is 0. The van der Waals surface area contributed by atoms with E-state index < -0.39 is 0 Å². The smallest absolute Gasteiger partial charge is 0.0625 e. The summed E-state index contributed by atoms with van der Waals surface area (Å²) in [7, 11) is 2.00. The van der Waals surface area contributed by atoms with Crippen LogP contribution in [0.4, 0.5) is 5.69 Å². The first kappa shape index (κ1) is 12.7. The van der Waals surface area contributed by atoms with Crippen LogP contribution < -0.4 is 5.32 Å². The first-order valence-corrected chi connectivity index (χ1v) is 6.43. The van der Waals surface area contributed by atoms with Crippen molar-refractivity contribution in [2.45, 2.75) is 33.7 Å². The van der Waals surface area contributed by atoms with Gasteiger partial charge in [0.1, 0.15) is 0 Å². The maximum Gasteiger partial charge on any atom is 0.0625 e. The zero-order chi connectivity index (χ0) is 13.1. The molecule has 1 aromatic heterocycles. The molecule has 1 N–H and O–H groups in total. The van der Waals surface area contributed by atoms with Crippen molar-refractivity contribution in [1.29, 1.82) is 0 Å². The van der Waals surface area contributed by atoms with Crippen LogP contribution in [0.1, 0.15) is 29.4 Å². The largest absolute Gasteiger partial charge is 0.379 e. The third-order valence-corrected chi connectivity index (χ3v) is 3.32. The van der Waals surface area contributed by atoms with Crippen LogP contribution >= 0.6 is 0 Å². The number of aryl methyl sites for hydroxylation is 4. The molecule has 0 spiro atoms. The molecule has 0 fully saturated rings. The maximum absolute atomic E-state index is 4.46. The van der Waals surface area contributed by atoms with Crippen molar-refractivity contribution < 1.29 is 0 Å². The van der Waals surface area contributed by atoms with Crippen LogP contribution in [-0.2, 0) is 20.0 Å². The van der Waals surface area contributed by atoms with E-state index in [2.05, 4.69) is 55.5 Å². The van der Waals surface area contributed by atoms with E-state index in [1.165, 1.54) is 22.5 Å². The molecular weight excluding hydrogens is 222 g/mol. The molecule has 0 aliphatic carbocycles. The highest BCUT2D eigenvalue weighted by molar-refractivity contribution is 5.56. The Labute approximate surface area is 109 Å². The molecule has 0 aliphatic heterocycles. The molecule has 18 heavy (non-hydrogen) atoms. The van der Waals surface area contributed by atoms with E-state index in [0.29, 0.717) is 0 Å². The molecule has 0 saturated heterocycles. The van der Waals surface area contributed by atoms with Gasteiger partial charge in [-0.3, -0.25) is 4.68 Å². The van der Waals surface area contributed by atoms with Crippen molar-refractivity contribution in [2.24, 2.45) is 7.05 Å². The average Bonchev–Trinajstić information content (AvgIpc) is 2.70. The van der Waals surface area contributed by atoms with E-state index in [1.807, 2.05) is 11.7 Å². The predicted octanol–water partition coefficient (Wildman–Crippen LogP) is 3.21. The van der Waals surface area contributed by atoms with Gasteiger partial charge in [-0.15, -0.1) is 0 Å². The quantitative estimate of drug-likeness (QED) is 0.893. The summed E-state index contributed by atoms with van der Waals surface area (Å²) in [6.45, 7) is 7.21. The highest BCUT2D eigenvalue weighted by Gasteiger charge is 2.05. The number of hydrogen-bond donors (Lipinski definition) is 1. The van der Waals surface area contributed by atoms with Crippen molar-refractivity contribution in [1.82, 2.24) is 9.78 Å². The number of benzene rings is 1. The van der Waals surface area contributed by atoms with Gasteiger partial charge in [0.15, 0.2) is 0 Å². The van der Waals surface area contributed by atoms with Crippen molar-refractivity contribution in [2.75, 3.05) is 5.32 Å². The number of nitrogens with one attached hydrogen (secondary N) is 1. The Kier molecular flexibility index (Phi) is 3.70. The van der Waals surface area contributed by atoms with Gasteiger partial charge in [0.25, 0.3) is 0 Å². The number of rotatable bonds is 4.